The molecule has 1 aliphatic heterocycles. The monoisotopic (exact) mass is 344 g/mol. The van der Waals surface area contributed by atoms with Crippen LogP contribution in [0.15, 0.2) is 48.8 Å². The Bertz CT molecular complexity index is 694. The van der Waals surface area contributed by atoms with E-state index in [1.54, 1.807) is 24.4 Å². The molecule has 5 nitrogen and oxygen atoms in total. The summed E-state index contributed by atoms with van der Waals surface area (Å²) in [5, 5.41) is 0. The first-order valence-corrected chi connectivity index (χ1v) is 8.22. The van der Waals surface area contributed by atoms with Crippen LogP contribution >= 0.6 is 0 Å². The maximum Gasteiger partial charge on any atom is 0.260 e. The van der Waals surface area contributed by atoms with Gasteiger partial charge in [-0.05, 0) is 42.0 Å². The van der Waals surface area contributed by atoms with Crippen LogP contribution in [0.4, 0.5) is 4.39 Å². The topological polar surface area (TPSA) is 51.7 Å². The zero-order valence-corrected chi connectivity index (χ0v) is 14.1. The Kier molecular flexibility index (Phi) is 5.60. The fraction of sp³-hybridized carbons (Fsp3) is 0.368. The molecule has 1 aromatic heterocycles. The number of amides is 1. The highest BCUT2D eigenvalue weighted by Crippen LogP contribution is 2.32. The van der Waals surface area contributed by atoms with Gasteiger partial charge in [-0.25, -0.2) is 4.39 Å². The standard InChI is InChI=1S/C19H21FN2O3/c1-24-12-15-10-22(11-18(15)14-6-8-21-9-7-14)19(23)13-25-17-4-2-16(20)3-5-17/h2-9,15,18H,10-13H2,1H3/t15-,18-/m0/s1. The first-order chi connectivity index (χ1) is 12.2. The molecule has 3 rings (SSSR count). The van der Waals surface area contributed by atoms with Crippen molar-refractivity contribution in [3.63, 3.8) is 0 Å². The number of methoxy groups -OCH3 is 1. The van der Waals surface area contributed by atoms with E-state index in [9.17, 15) is 9.18 Å². The molecule has 6 heteroatoms. The smallest absolute Gasteiger partial charge is 0.260 e. The lowest BCUT2D eigenvalue weighted by Crippen LogP contribution is -2.33. The van der Waals surface area contributed by atoms with Crippen molar-refractivity contribution in [3.05, 3.63) is 60.2 Å². The number of hydrogen-bond donors (Lipinski definition) is 0. The molecule has 0 saturated carbocycles. The highest BCUT2D eigenvalue weighted by molar-refractivity contribution is 5.78. The summed E-state index contributed by atoms with van der Waals surface area (Å²) in [6.45, 7) is 1.79. The van der Waals surface area contributed by atoms with Crippen molar-refractivity contribution < 1.29 is 18.7 Å². The maximum atomic E-state index is 12.9. The van der Waals surface area contributed by atoms with E-state index in [-0.39, 0.29) is 30.2 Å². The first kappa shape index (κ1) is 17.4. The molecule has 2 aromatic rings. The van der Waals surface area contributed by atoms with Crippen LogP contribution in [0.25, 0.3) is 0 Å². The number of hydrogen-bond acceptors (Lipinski definition) is 4. The van der Waals surface area contributed by atoms with E-state index in [1.807, 2.05) is 12.1 Å². The normalized spacial score (nSPS) is 19.8. The fourth-order valence-corrected chi connectivity index (χ4v) is 3.21. The third-order valence-electron chi connectivity index (χ3n) is 4.48. The molecule has 25 heavy (non-hydrogen) atoms. The zero-order valence-electron chi connectivity index (χ0n) is 14.1. The Balaban J connectivity index is 1.62. The lowest BCUT2D eigenvalue weighted by atomic mass is 9.90. The average molecular weight is 344 g/mol. The van der Waals surface area contributed by atoms with Crippen molar-refractivity contribution in [2.45, 2.75) is 5.92 Å². The molecule has 2 atom stereocenters. The van der Waals surface area contributed by atoms with E-state index in [0.717, 1.165) is 5.56 Å². The number of rotatable bonds is 6. The van der Waals surface area contributed by atoms with Gasteiger partial charge in [0, 0.05) is 44.4 Å². The van der Waals surface area contributed by atoms with Crippen LogP contribution in [-0.2, 0) is 9.53 Å². The Morgan fingerprint density at radius 3 is 2.60 bits per heavy atom. The molecule has 0 unspecified atom stereocenters. The summed E-state index contributed by atoms with van der Waals surface area (Å²) in [6.07, 6.45) is 3.53. The lowest BCUT2D eigenvalue weighted by molar-refractivity contribution is -0.132. The molecule has 0 aliphatic carbocycles. The van der Waals surface area contributed by atoms with Gasteiger partial charge in [-0.2, -0.15) is 0 Å². The number of likely N-dealkylation sites (tertiary alicyclic amines) is 1. The number of ether oxygens (including phenoxy) is 2. The number of pyridine rings is 1. The van der Waals surface area contributed by atoms with Gasteiger partial charge in [0.05, 0.1) is 6.61 Å². The van der Waals surface area contributed by atoms with Crippen LogP contribution in [0.1, 0.15) is 11.5 Å². The first-order valence-electron chi connectivity index (χ1n) is 8.22. The summed E-state index contributed by atoms with van der Waals surface area (Å²) in [4.78, 5) is 18.3. The summed E-state index contributed by atoms with van der Waals surface area (Å²) in [7, 11) is 1.67. The largest absolute Gasteiger partial charge is 0.484 e. The molecule has 0 radical (unpaired) electrons. The third-order valence-corrected chi connectivity index (χ3v) is 4.48. The maximum absolute atomic E-state index is 12.9. The van der Waals surface area contributed by atoms with Gasteiger partial charge in [-0.3, -0.25) is 9.78 Å². The molecule has 1 amide bonds. The van der Waals surface area contributed by atoms with Crippen LogP contribution < -0.4 is 4.74 Å². The number of nitrogens with zero attached hydrogens (tertiary/aromatic N) is 2. The molecule has 0 bridgehead atoms. The van der Waals surface area contributed by atoms with Gasteiger partial charge in [0.2, 0.25) is 0 Å². The highest BCUT2D eigenvalue weighted by atomic mass is 19.1. The van der Waals surface area contributed by atoms with Crippen molar-refractivity contribution in [1.82, 2.24) is 9.88 Å². The van der Waals surface area contributed by atoms with Crippen molar-refractivity contribution in [2.24, 2.45) is 5.92 Å². The minimum absolute atomic E-state index is 0.0611. The Labute approximate surface area is 146 Å². The minimum atomic E-state index is -0.333. The van der Waals surface area contributed by atoms with Crippen LogP contribution in [0.5, 0.6) is 5.75 Å². The second kappa shape index (κ2) is 8.07. The van der Waals surface area contributed by atoms with Gasteiger partial charge >= 0.3 is 0 Å². The van der Waals surface area contributed by atoms with Crippen LogP contribution in [-0.4, -0.2) is 49.2 Å². The number of halogens is 1. The van der Waals surface area contributed by atoms with E-state index >= 15 is 0 Å². The summed E-state index contributed by atoms with van der Waals surface area (Å²) in [6, 6.07) is 9.61. The Hall–Kier alpha value is -2.47. The van der Waals surface area contributed by atoms with Gasteiger partial charge in [0.1, 0.15) is 11.6 Å². The van der Waals surface area contributed by atoms with Gasteiger partial charge in [-0.1, -0.05) is 0 Å². The number of carbonyl (C=O) groups is 1. The van der Waals surface area contributed by atoms with Gasteiger partial charge < -0.3 is 14.4 Å². The molecule has 1 fully saturated rings. The van der Waals surface area contributed by atoms with E-state index in [2.05, 4.69) is 4.98 Å². The molecule has 1 aromatic carbocycles. The molecular weight excluding hydrogens is 323 g/mol. The zero-order chi connectivity index (χ0) is 17.6. The molecule has 0 N–H and O–H groups in total. The third kappa shape index (κ3) is 4.33. The lowest BCUT2D eigenvalue weighted by Gasteiger charge is -2.17. The van der Waals surface area contributed by atoms with Crippen molar-refractivity contribution in [3.8, 4) is 5.75 Å². The second-order valence-electron chi connectivity index (χ2n) is 6.14. The van der Waals surface area contributed by atoms with Crippen LogP contribution in [0.2, 0.25) is 0 Å². The van der Waals surface area contributed by atoms with E-state index in [4.69, 9.17) is 9.47 Å². The number of aromatic nitrogens is 1. The Morgan fingerprint density at radius 1 is 1.20 bits per heavy atom. The second-order valence-corrected chi connectivity index (χ2v) is 6.14. The van der Waals surface area contributed by atoms with E-state index in [1.165, 1.54) is 24.3 Å². The summed E-state index contributed by atoms with van der Waals surface area (Å²) in [5.41, 5.74) is 1.16. The molecular formula is C19H21FN2O3. The van der Waals surface area contributed by atoms with Crippen LogP contribution in [0, 0.1) is 11.7 Å². The van der Waals surface area contributed by atoms with Gasteiger partial charge in [0.25, 0.3) is 5.91 Å². The van der Waals surface area contributed by atoms with E-state index < -0.39 is 0 Å². The van der Waals surface area contributed by atoms with Gasteiger partial charge in [-0.15, -0.1) is 0 Å². The van der Waals surface area contributed by atoms with Crippen molar-refractivity contribution in [2.75, 3.05) is 33.4 Å². The average Bonchev–Trinajstić information content (AvgIpc) is 3.06. The van der Waals surface area contributed by atoms with Gasteiger partial charge in [0.15, 0.2) is 6.61 Å². The molecule has 2 heterocycles. The molecule has 1 aliphatic rings. The van der Waals surface area contributed by atoms with Crippen LogP contribution in [0.3, 0.4) is 0 Å². The Morgan fingerprint density at radius 2 is 1.92 bits per heavy atom. The van der Waals surface area contributed by atoms with E-state index in [0.29, 0.717) is 25.4 Å². The molecule has 0 spiro atoms. The minimum Gasteiger partial charge on any atom is -0.484 e. The summed E-state index contributed by atoms with van der Waals surface area (Å²) >= 11 is 0. The predicted octanol–water partition coefficient (Wildman–Crippen LogP) is 2.49. The quantitative estimate of drug-likeness (QED) is 0.808. The highest BCUT2D eigenvalue weighted by Gasteiger charge is 2.36. The SMILES string of the molecule is COC[C@@H]1CN(C(=O)COc2ccc(F)cc2)C[C@H]1c1ccncc1. The fourth-order valence-electron chi connectivity index (χ4n) is 3.21. The number of carbonyl (C=O) groups excluding carboxylic acids is 1. The summed E-state index contributed by atoms with van der Waals surface area (Å²) in [5.74, 6) is 0.524. The molecule has 132 valence electrons. The summed E-state index contributed by atoms with van der Waals surface area (Å²) < 4.78 is 23.7. The number of benzene rings is 1. The van der Waals surface area contributed by atoms with Crippen molar-refractivity contribution in [1.29, 1.82) is 0 Å². The predicted molar refractivity (Wildman–Crippen MR) is 90.8 cm³/mol. The molecule has 1 saturated heterocycles. The van der Waals surface area contributed by atoms with Crippen molar-refractivity contribution >= 4 is 5.91 Å².